The molecule has 15 heavy (non-hydrogen) atoms. The van der Waals surface area contributed by atoms with Crippen LogP contribution < -0.4 is 0 Å². The van der Waals surface area contributed by atoms with Gasteiger partial charge in [-0.1, -0.05) is 0 Å². The van der Waals surface area contributed by atoms with E-state index in [0.717, 1.165) is 6.04 Å². The molecule has 0 spiro atoms. The Morgan fingerprint density at radius 2 is 1.80 bits per heavy atom. The second-order valence-corrected chi connectivity index (χ2v) is 5.45. The normalized spacial score (nSPS) is 23.6. The predicted octanol–water partition coefficient (Wildman–Crippen LogP) is 2.59. The molecule has 0 aliphatic carbocycles. The fourth-order valence-electron chi connectivity index (χ4n) is 2.68. The molecule has 1 aliphatic rings. The monoisotopic (exact) mass is 212 g/mol. The van der Waals surface area contributed by atoms with Gasteiger partial charge in [-0.05, 0) is 54.0 Å². The predicted molar refractivity (Wildman–Crippen MR) is 67.2 cm³/mol. The fourth-order valence-corrected chi connectivity index (χ4v) is 2.68. The SMILES string of the molecule is CC1CCCN1CCN(C(C)C)C(C)C. The molecule has 1 fully saturated rings. The number of rotatable bonds is 5. The lowest BCUT2D eigenvalue weighted by Gasteiger charge is -2.33. The molecule has 1 saturated heterocycles. The lowest BCUT2D eigenvalue weighted by Crippen LogP contribution is -2.43. The summed E-state index contributed by atoms with van der Waals surface area (Å²) >= 11 is 0. The Balaban J connectivity index is 2.33. The summed E-state index contributed by atoms with van der Waals surface area (Å²) in [6.45, 7) is 15.3. The van der Waals surface area contributed by atoms with E-state index in [-0.39, 0.29) is 0 Å². The van der Waals surface area contributed by atoms with Crippen LogP contribution in [0.3, 0.4) is 0 Å². The van der Waals surface area contributed by atoms with E-state index in [9.17, 15) is 0 Å². The van der Waals surface area contributed by atoms with E-state index in [2.05, 4.69) is 44.4 Å². The molecule has 2 heteroatoms. The molecule has 90 valence electrons. The van der Waals surface area contributed by atoms with Crippen molar-refractivity contribution < 1.29 is 0 Å². The van der Waals surface area contributed by atoms with E-state index in [4.69, 9.17) is 0 Å². The van der Waals surface area contributed by atoms with Crippen LogP contribution in [0.1, 0.15) is 47.5 Å². The minimum absolute atomic E-state index is 0.669. The van der Waals surface area contributed by atoms with Crippen LogP contribution in [0.25, 0.3) is 0 Å². The largest absolute Gasteiger partial charge is 0.299 e. The molecule has 0 N–H and O–H groups in total. The Morgan fingerprint density at radius 1 is 1.20 bits per heavy atom. The van der Waals surface area contributed by atoms with Gasteiger partial charge in [-0.3, -0.25) is 9.80 Å². The summed E-state index contributed by atoms with van der Waals surface area (Å²) in [6, 6.07) is 2.15. The molecule has 0 aromatic carbocycles. The lowest BCUT2D eigenvalue weighted by atomic mass is 10.2. The zero-order valence-electron chi connectivity index (χ0n) is 11.2. The van der Waals surface area contributed by atoms with Crippen molar-refractivity contribution in [2.75, 3.05) is 19.6 Å². The Morgan fingerprint density at radius 3 is 2.20 bits per heavy atom. The molecule has 1 aliphatic heterocycles. The van der Waals surface area contributed by atoms with Gasteiger partial charge >= 0.3 is 0 Å². The summed E-state index contributed by atoms with van der Waals surface area (Å²) in [6.07, 6.45) is 2.79. The molecular weight excluding hydrogens is 184 g/mol. The molecule has 0 aromatic heterocycles. The van der Waals surface area contributed by atoms with Gasteiger partial charge in [0.1, 0.15) is 0 Å². The van der Waals surface area contributed by atoms with Crippen LogP contribution >= 0.6 is 0 Å². The van der Waals surface area contributed by atoms with Crippen molar-refractivity contribution in [2.45, 2.75) is 65.6 Å². The quantitative estimate of drug-likeness (QED) is 0.691. The summed E-state index contributed by atoms with van der Waals surface area (Å²) < 4.78 is 0. The molecule has 1 atom stereocenters. The maximum absolute atomic E-state index is 2.64. The van der Waals surface area contributed by atoms with Crippen molar-refractivity contribution in [3.05, 3.63) is 0 Å². The molecule has 0 saturated carbocycles. The summed E-state index contributed by atoms with van der Waals surface area (Å²) in [5.41, 5.74) is 0. The van der Waals surface area contributed by atoms with Crippen molar-refractivity contribution in [1.29, 1.82) is 0 Å². The Bertz CT molecular complexity index is 169. The molecule has 1 unspecified atom stereocenters. The maximum atomic E-state index is 2.64. The van der Waals surface area contributed by atoms with E-state index in [0.29, 0.717) is 12.1 Å². The van der Waals surface area contributed by atoms with Crippen LogP contribution in [0.4, 0.5) is 0 Å². The van der Waals surface area contributed by atoms with Gasteiger partial charge < -0.3 is 0 Å². The molecule has 2 nitrogen and oxygen atoms in total. The third-order valence-electron chi connectivity index (χ3n) is 3.66. The van der Waals surface area contributed by atoms with Crippen molar-refractivity contribution in [3.8, 4) is 0 Å². The molecular formula is C13H28N2. The molecule has 0 amide bonds. The van der Waals surface area contributed by atoms with E-state index >= 15 is 0 Å². The lowest BCUT2D eigenvalue weighted by molar-refractivity contribution is 0.141. The van der Waals surface area contributed by atoms with Crippen LogP contribution in [0.5, 0.6) is 0 Å². The van der Waals surface area contributed by atoms with Gasteiger partial charge in [-0.2, -0.15) is 0 Å². The Labute approximate surface area is 95.6 Å². The molecule has 1 heterocycles. The van der Waals surface area contributed by atoms with E-state index in [1.807, 2.05) is 0 Å². The van der Waals surface area contributed by atoms with E-state index in [1.54, 1.807) is 0 Å². The van der Waals surface area contributed by atoms with Gasteiger partial charge in [0.15, 0.2) is 0 Å². The van der Waals surface area contributed by atoms with Crippen LogP contribution in [0.15, 0.2) is 0 Å². The Hall–Kier alpha value is -0.0800. The third-order valence-corrected chi connectivity index (χ3v) is 3.66. The fraction of sp³-hybridized carbons (Fsp3) is 1.00. The van der Waals surface area contributed by atoms with Crippen LogP contribution in [-0.2, 0) is 0 Å². The minimum Gasteiger partial charge on any atom is -0.299 e. The second-order valence-electron chi connectivity index (χ2n) is 5.45. The maximum Gasteiger partial charge on any atom is 0.0115 e. The van der Waals surface area contributed by atoms with Crippen molar-refractivity contribution in [2.24, 2.45) is 0 Å². The number of likely N-dealkylation sites (tertiary alicyclic amines) is 1. The first-order chi connectivity index (χ1) is 7.02. The molecule has 1 rings (SSSR count). The van der Waals surface area contributed by atoms with Gasteiger partial charge in [0.2, 0.25) is 0 Å². The first kappa shape index (κ1) is 13.0. The van der Waals surface area contributed by atoms with Crippen molar-refractivity contribution >= 4 is 0 Å². The van der Waals surface area contributed by atoms with Crippen LogP contribution in [0, 0.1) is 0 Å². The summed E-state index contributed by atoms with van der Waals surface area (Å²) in [5.74, 6) is 0. The minimum atomic E-state index is 0.669. The first-order valence-corrected chi connectivity index (χ1v) is 6.52. The molecule has 0 aromatic rings. The summed E-state index contributed by atoms with van der Waals surface area (Å²) in [7, 11) is 0. The molecule has 0 radical (unpaired) electrons. The van der Waals surface area contributed by atoms with E-state index in [1.165, 1.54) is 32.5 Å². The zero-order valence-corrected chi connectivity index (χ0v) is 11.2. The highest BCUT2D eigenvalue weighted by Gasteiger charge is 2.21. The highest BCUT2D eigenvalue weighted by Crippen LogP contribution is 2.16. The zero-order chi connectivity index (χ0) is 11.4. The van der Waals surface area contributed by atoms with Crippen molar-refractivity contribution in [3.63, 3.8) is 0 Å². The summed E-state index contributed by atoms with van der Waals surface area (Å²) in [4.78, 5) is 5.22. The van der Waals surface area contributed by atoms with Crippen molar-refractivity contribution in [1.82, 2.24) is 9.80 Å². The van der Waals surface area contributed by atoms with Gasteiger partial charge in [-0.15, -0.1) is 0 Å². The summed E-state index contributed by atoms with van der Waals surface area (Å²) in [5, 5.41) is 0. The van der Waals surface area contributed by atoms with Gasteiger partial charge in [0.25, 0.3) is 0 Å². The average Bonchev–Trinajstić information content (AvgIpc) is 2.51. The number of hydrogen-bond donors (Lipinski definition) is 0. The highest BCUT2D eigenvalue weighted by atomic mass is 15.2. The first-order valence-electron chi connectivity index (χ1n) is 6.52. The van der Waals surface area contributed by atoms with E-state index < -0.39 is 0 Å². The van der Waals surface area contributed by atoms with Gasteiger partial charge in [0, 0.05) is 31.2 Å². The van der Waals surface area contributed by atoms with Crippen LogP contribution in [-0.4, -0.2) is 47.6 Å². The third kappa shape index (κ3) is 3.76. The Kier molecular flexibility index (Phi) is 5.07. The van der Waals surface area contributed by atoms with Gasteiger partial charge in [0.05, 0.1) is 0 Å². The topological polar surface area (TPSA) is 6.48 Å². The molecule has 0 bridgehead atoms. The van der Waals surface area contributed by atoms with Gasteiger partial charge in [-0.25, -0.2) is 0 Å². The average molecular weight is 212 g/mol. The second kappa shape index (κ2) is 5.86. The number of hydrogen-bond acceptors (Lipinski definition) is 2. The standard InChI is InChI=1S/C13H28N2/c1-11(2)15(12(3)4)10-9-14-8-6-7-13(14)5/h11-13H,6-10H2,1-5H3. The van der Waals surface area contributed by atoms with Crippen LogP contribution in [0.2, 0.25) is 0 Å². The highest BCUT2D eigenvalue weighted by molar-refractivity contribution is 4.77. The number of nitrogens with zero attached hydrogens (tertiary/aromatic N) is 2. The smallest absolute Gasteiger partial charge is 0.0115 e.